The summed E-state index contributed by atoms with van der Waals surface area (Å²) in [5, 5.41) is 2.15. The van der Waals surface area contributed by atoms with E-state index < -0.39 is 0 Å². The summed E-state index contributed by atoms with van der Waals surface area (Å²) in [6, 6.07) is 4.33. The van der Waals surface area contributed by atoms with Gasteiger partial charge in [0.1, 0.15) is 0 Å². The van der Waals surface area contributed by atoms with Crippen LogP contribution in [0.2, 0.25) is 0 Å². The van der Waals surface area contributed by atoms with E-state index in [1.165, 1.54) is 17.7 Å². The maximum Gasteiger partial charge on any atom is 0.0332 e. The smallest absolute Gasteiger partial charge is 0.0332 e. The summed E-state index contributed by atoms with van der Waals surface area (Å²) in [5.41, 5.74) is 6.27. The zero-order valence-electron chi connectivity index (χ0n) is 12.3. The van der Waals surface area contributed by atoms with Gasteiger partial charge in [0, 0.05) is 23.5 Å². The van der Waals surface area contributed by atoms with E-state index in [1.807, 2.05) is 11.3 Å². The van der Waals surface area contributed by atoms with Crippen LogP contribution in [-0.2, 0) is 6.54 Å². The molecule has 18 heavy (non-hydrogen) atoms. The molecule has 1 heterocycles. The summed E-state index contributed by atoms with van der Waals surface area (Å²) in [6.45, 7) is 8.62. The zero-order chi connectivity index (χ0) is 13.6. The highest BCUT2D eigenvalue weighted by molar-refractivity contribution is 7.09. The highest BCUT2D eigenvalue weighted by atomic mass is 32.1. The quantitative estimate of drug-likeness (QED) is 0.778. The van der Waals surface area contributed by atoms with Crippen molar-refractivity contribution in [3.05, 3.63) is 22.4 Å². The molecule has 1 aromatic rings. The Morgan fingerprint density at radius 1 is 1.44 bits per heavy atom. The SMILES string of the molecule is CCC(C)CC(CC)(CN)N(C)Cc1cccs1. The molecule has 0 radical (unpaired) electrons. The minimum Gasteiger partial charge on any atom is -0.329 e. The molecule has 0 aliphatic carbocycles. The average Bonchev–Trinajstić information content (AvgIpc) is 2.88. The summed E-state index contributed by atoms with van der Waals surface area (Å²) in [5.74, 6) is 0.735. The molecule has 0 aromatic carbocycles. The molecule has 104 valence electrons. The van der Waals surface area contributed by atoms with E-state index in [0.717, 1.165) is 25.4 Å². The number of hydrogen-bond donors (Lipinski definition) is 1. The fraction of sp³-hybridized carbons (Fsp3) is 0.733. The third-order valence-corrected chi connectivity index (χ3v) is 5.11. The van der Waals surface area contributed by atoms with Crippen LogP contribution in [0.3, 0.4) is 0 Å². The maximum absolute atomic E-state index is 6.11. The monoisotopic (exact) mass is 268 g/mol. The van der Waals surface area contributed by atoms with E-state index in [1.54, 1.807) is 0 Å². The van der Waals surface area contributed by atoms with Gasteiger partial charge in [-0.05, 0) is 37.3 Å². The standard InChI is InChI=1S/C15H28N2S/c1-5-13(3)10-15(6-2,12-16)17(4)11-14-8-7-9-18-14/h7-9,13H,5-6,10-12,16H2,1-4H3. The molecule has 0 aliphatic heterocycles. The van der Waals surface area contributed by atoms with Crippen LogP contribution in [0.5, 0.6) is 0 Å². The van der Waals surface area contributed by atoms with Gasteiger partial charge in [-0.3, -0.25) is 4.90 Å². The molecule has 3 heteroatoms. The summed E-state index contributed by atoms with van der Waals surface area (Å²) in [7, 11) is 2.22. The minimum atomic E-state index is 0.152. The van der Waals surface area contributed by atoms with Gasteiger partial charge in [-0.2, -0.15) is 0 Å². The van der Waals surface area contributed by atoms with Gasteiger partial charge in [0.2, 0.25) is 0 Å². The predicted molar refractivity (Wildman–Crippen MR) is 81.9 cm³/mol. The average molecular weight is 268 g/mol. The van der Waals surface area contributed by atoms with Crippen molar-refractivity contribution >= 4 is 11.3 Å². The third kappa shape index (κ3) is 3.81. The van der Waals surface area contributed by atoms with Gasteiger partial charge >= 0.3 is 0 Å². The van der Waals surface area contributed by atoms with Crippen LogP contribution in [0.1, 0.15) is 44.9 Å². The highest BCUT2D eigenvalue weighted by Crippen LogP contribution is 2.29. The predicted octanol–water partition coefficient (Wildman–Crippen LogP) is 3.72. The van der Waals surface area contributed by atoms with E-state index in [9.17, 15) is 0 Å². The molecule has 0 fully saturated rings. The Hall–Kier alpha value is -0.380. The second kappa shape index (κ2) is 7.27. The molecule has 0 saturated heterocycles. The van der Waals surface area contributed by atoms with Gasteiger partial charge in [-0.15, -0.1) is 11.3 Å². The molecule has 0 saturated carbocycles. The Bertz CT molecular complexity index is 317. The van der Waals surface area contributed by atoms with E-state index in [2.05, 4.69) is 50.2 Å². The lowest BCUT2D eigenvalue weighted by Crippen LogP contribution is -2.52. The first-order valence-electron chi connectivity index (χ1n) is 7.01. The van der Waals surface area contributed by atoms with Gasteiger partial charge < -0.3 is 5.73 Å². The first-order valence-corrected chi connectivity index (χ1v) is 7.89. The van der Waals surface area contributed by atoms with Crippen molar-refractivity contribution in [2.75, 3.05) is 13.6 Å². The van der Waals surface area contributed by atoms with Crippen molar-refractivity contribution < 1.29 is 0 Å². The molecular weight excluding hydrogens is 240 g/mol. The van der Waals surface area contributed by atoms with Crippen LogP contribution >= 0.6 is 11.3 Å². The van der Waals surface area contributed by atoms with E-state index >= 15 is 0 Å². The number of rotatable bonds is 8. The summed E-state index contributed by atoms with van der Waals surface area (Å²) in [4.78, 5) is 3.89. The highest BCUT2D eigenvalue weighted by Gasteiger charge is 2.32. The molecule has 2 N–H and O–H groups in total. The van der Waals surface area contributed by atoms with Crippen LogP contribution in [0, 0.1) is 5.92 Å². The van der Waals surface area contributed by atoms with Gasteiger partial charge in [-0.1, -0.05) is 33.3 Å². The van der Waals surface area contributed by atoms with Gasteiger partial charge in [0.05, 0.1) is 0 Å². The topological polar surface area (TPSA) is 29.3 Å². The van der Waals surface area contributed by atoms with Crippen LogP contribution in [0.15, 0.2) is 17.5 Å². The second-order valence-corrected chi connectivity index (χ2v) is 6.47. The van der Waals surface area contributed by atoms with Crippen molar-refractivity contribution in [1.29, 1.82) is 0 Å². The largest absolute Gasteiger partial charge is 0.329 e. The van der Waals surface area contributed by atoms with Crippen molar-refractivity contribution in [2.24, 2.45) is 11.7 Å². The Balaban J connectivity index is 2.75. The van der Waals surface area contributed by atoms with Crippen molar-refractivity contribution in [1.82, 2.24) is 4.90 Å². The van der Waals surface area contributed by atoms with E-state index in [4.69, 9.17) is 5.73 Å². The lowest BCUT2D eigenvalue weighted by molar-refractivity contribution is 0.0865. The van der Waals surface area contributed by atoms with Crippen LogP contribution in [-0.4, -0.2) is 24.0 Å². The Labute approximate surface area is 116 Å². The number of hydrogen-bond acceptors (Lipinski definition) is 3. The molecule has 0 aliphatic rings. The molecule has 0 bridgehead atoms. The fourth-order valence-corrected chi connectivity index (χ4v) is 3.31. The lowest BCUT2D eigenvalue weighted by atomic mass is 9.83. The Morgan fingerprint density at radius 2 is 2.17 bits per heavy atom. The first kappa shape index (κ1) is 15.7. The molecular formula is C15H28N2S. The van der Waals surface area contributed by atoms with Crippen molar-refractivity contribution in [2.45, 2.75) is 52.1 Å². The summed E-state index contributed by atoms with van der Waals surface area (Å²) in [6.07, 6.45) is 3.54. The van der Waals surface area contributed by atoms with E-state index in [0.29, 0.717) is 0 Å². The number of nitrogens with zero attached hydrogens (tertiary/aromatic N) is 1. The van der Waals surface area contributed by atoms with Gasteiger partial charge in [0.15, 0.2) is 0 Å². The molecule has 2 nitrogen and oxygen atoms in total. The summed E-state index contributed by atoms with van der Waals surface area (Å²) < 4.78 is 0. The molecule has 2 atom stereocenters. The molecule has 1 rings (SSSR count). The Morgan fingerprint density at radius 3 is 2.61 bits per heavy atom. The number of likely N-dealkylation sites (N-methyl/N-ethyl adjacent to an activating group) is 1. The van der Waals surface area contributed by atoms with Crippen LogP contribution in [0.25, 0.3) is 0 Å². The third-order valence-electron chi connectivity index (χ3n) is 4.25. The molecule has 2 unspecified atom stereocenters. The normalized spacial score (nSPS) is 16.8. The van der Waals surface area contributed by atoms with Gasteiger partial charge in [0.25, 0.3) is 0 Å². The number of thiophene rings is 1. The fourth-order valence-electron chi connectivity index (χ4n) is 2.55. The minimum absolute atomic E-state index is 0.152. The van der Waals surface area contributed by atoms with E-state index in [-0.39, 0.29) is 5.54 Å². The van der Waals surface area contributed by atoms with Crippen molar-refractivity contribution in [3.8, 4) is 0 Å². The maximum atomic E-state index is 6.11. The Kier molecular flexibility index (Phi) is 6.33. The summed E-state index contributed by atoms with van der Waals surface area (Å²) >= 11 is 1.83. The molecule has 0 spiro atoms. The second-order valence-electron chi connectivity index (χ2n) is 5.43. The molecule has 1 aromatic heterocycles. The van der Waals surface area contributed by atoms with Crippen molar-refractivity contribution in [3.63, 3.8) is 0 Å². The zero-order valence-corrected chi connectivity index (χ0v) is 13.1. The molecule has 0 amide bonds. The number of nitrogens with two attached hydrogens (primary N) is 1. The first-order chi connectivity index (χ1) is 8.57. The lowest BCUT2D eigenvalue weighted by Gasteiger charge is -2.42. The van der Waals surface area contributed by atoms with Crippen LogP contribution in [0.4, 0.5) is 0 Å². The van der Waals surface area contributed by atoms with Crippen LogP contribution < -0.4 is 5.73 Å². The van der Waals surface area contributed by atoms with Gasteiger partial charge in [-0.25, -0.2) is 0 Å².